The van der Waals surface area contributed by atoms with Crippen molar-refractivity contribution in [3.63, 3.8) is 0 Å². The minimum atomic E-state index is -4.51. The van der Waals surface area contributed by atoms with Gasteiger partial charge in [-0.3, -0.25) is 0 Å². The summed E-state index contributed by atoms with van der Waals surface area (Å²) in [4.78, 5) is 1.97. The highest BCUT2D eigenvalue weighted by molar-refractivity contribution is 5.55. The Bertz CT molecular complexity index is 577. The van der Waals surface area contributed by atoms with Crippen molar-refractivity contribution >= 4 is 5.69 Å². The van der Waals surface area contributed by atoms with Crippen LogP contribution in [0.25, 0.3) is 0 Å². The first-order valence-electron chi connectivity index (χ1n) is 7.02. The van der Waals surface area contributed by atoms with Crippen molar-refractivity contribution in [2.24, 2.45) is 17.6 Å². The Morgan fingerprint density at radius 3 is 2.33 bits per heavy atom. The molecule has 0 spiro atoms. The van der Waals surface area contributed by atoms with E-state index in [1.807, 2.05) is 4.90 Å². The standard InChI is InChI=1S/C15H16F3N3/c16-15(17,18)13-5-12(4-3-9(13)6-19)21-7-10-1-2-11(8-21)14(10)20/h3-5,10-11,14H,1-2,7-8,20H2. The lowest BCUT2D eigenvalue weighted by Crippen LogP contribution is -2.48. The van der Waals surface area contributed by atoms with E-state index in [0.29, 0.717) is 30.6 Å². The summed E-state index contributed by atoms with van der Waals surface area (Å²) in [5, 5.41) is 8.83. The third kappa shape index (κ3) is 2.46. The Balaban J connectivity index is 1.92. The summed E-state index contributed by atoms with van der Waals surface area (Å²) >= 11 is 0. The fourth-order valence-electron chi connectivity index (χ4n) is 3.54. The molecule has 1 aliphatic carbocycles. The van der Waals surface area contributed by atoms with E-state index >= 15 is 0 Å². The molecule has 2 atom stereocenters. The van der Waals surface area contributed by atoms with Gasteiger partial charge in [-0.1, -0.05) is 0 Å². The van der Waals surface area contributed by atoms with Gasteiger partial charge in [0.25, 0.3) is 0 Å². The number of benzene rings is 1. The van der Waals surface area contributed by atoms with Crippen LogP contribution in [0.5, 0.6) is 0 Å². The van der Waals surface area contributed by atoms with E-state index in [1.165, 1.54) is 6.07 Å². The number of anilines is 1. The van der Waals surface area contributed by atoms with Gasteiger partial charge in [-0.05, 0) is 42.9 Å². The van der Waals surface area contributed by atoms with Gasteiger partial charge >= 0.3 is 6.18 Å². The average molecular weight is 295 g/mol. The number of fused-ring (bicyclic) bond motifs is 2. The lowest BCUT2D eigenvalue weighted by Gasteiger charge is -2.38. The topological polar surface area (TPSA) is 53.0 Å². The molecule has 1 aliphatic heterocycles. The van der Waals surface area contributed by atoms with Crippen molar-refractivity contribution in [1.29, 1.82) is 5.26 Å². The third-order valence-electron chi connectivity index (χ3n) is 4.70. The largest absolute Gasteiger partial charge is 0.417 e. The highest BCUT2D eigenvalue weighted by Gasteiger charge is 2.40. The monoisotopic (exact) mass is 295 g/mol. The molecule has 112 valence electrons. The fourth-order valence-corrected chi connectivity index (χ4v) is 3.54. The van der Waals surface area contributed by atoms with Crippen LogP contribution in [0.4, 0.5) is 18.9 Å². The van der Waals surface area contributed by atoms with Gasteiger partial charge in [0.1, 0.15) is 0 Å². The Morgan fingerprint density at radius 1 is 1.19 bits per heavy atom. The van der Waals surface area contributed by atoms with Gasteiger partial charge in [0.15, 0.2) is 0 Å². The van der Waals surface area contributed by atoms with Crippen LogP contribution < -0.4 is 10.6 Å². The Morgan fingerprint density at radius 2 is 1.81 bits per heavy atom. The smallest absolute Gasteiger partial charge is 0.371 e. The van der Waals surface area contributed by atoms with Gasteiger partial charge in [-0.25, -0.2) is 0 Å². The molecule has 2 aliphatic rings. The summed E-state index contributed by atoms with van der Waals surface area (Å²) in [5.74, 6) is 0.711. The van der Waals surface area contributed by atoms with Crippen LogP contribution in [0.2, 0.25) is 0 Å². The van der Waals surface area contributed by atoms with Gasteiger partial charge in [0.05, 0.1) is 17.2 Å². The molecule has 1 saturated carbocycles. The first kappa shape index (κ1) is 14.2. The second-order valence-electron chi connectivity index (χ2n) is 5.92. The van der Waals surface area contributed by atoms with Gasteiger partial charge in [-0.15, -0.1) is 0 Å². The minimum absolute atomic E-state index is 0.168. The summed E-state index contributed by atoms with van der Waals surface area (Å²) < 4.78 is 39.1. The number of halogens is 3. The maximum absolute atomic E-state index is 13.0. The molecule has 2 bridgehead atoms. The highest BCUT2D eigenvalue weighted by atomic mass is 19.4. The Labute approximate surface area is 121 Å². The van der Waals surface area contributed by atoms with Gasteiger partial charge in [0.2, 0.25) is 0 Å². The maximum Gasteiger partial charge on any atom is 0.417 e. The van der Waals surface area contributed by atoms with Crippen LogP contribution in [-0.4, -0.2) is 19.1 Å². The third-order valence-corrected chi connectivity index (χ3v) is 4.70. The molecule has 2 unspecified atom stereocenters. The molecule has 3 nitrogen and oxygen atoms in total. The predicted octanol–water partition coefficient (Wildman–Crippen LogP) is 2.75. The SMILES string of the molecule is N#Cc1ccc(N2CC3CCC(C2)C3N)cc1C(F)(F)F. The minimum Gasteiger partial charge on any atom is -0.371 e. The van der Waals surface area contributed by atoms with Crippen molar-refractivity contribution in [2.45, 2.75) is 25.1 Å². The van der Waals surface area contributed by atoms with E-state index < -0.39 is 11.7 Å². The number of hydrogen-bond acceptors (Lipinski definition) is 3. The number of nitriles is 1. The van der Waals surface area contributed by atoms with E-state index in [9.17, 15) is 13.2 Å². The predicted molar refractivity (Wildman–Crippen MR) is 72.6 cm³/mol. The molecule has 1 saturated heterocycles. The quantitative estimate of drug-likeness (QED) is 0.866. The lowest BCUT2D eigenvalue weighted by atomic mass is 9.92. The molecule has 3 rings (SSSR count). The molecular formula is C15H16F3N3. The van der Waals surface area contributed by atoms with E-state index in [4.69, 9.17) is 11.0 Å². The van der Waals surface area contributed by atoms with Gasteiger partial charge < -0.3 is 10.6 Å². The van der Waals surface area contributed by atoms with E-state index in [0.717, 1.165) is 18.9 Å². The van der Waals surface area contributed by atoms with Crippen LogP contribution in [0.1, 0.15) is 24.0 Å². The van der Waals surface area contributed by atoms with Crippen LogP contribution >= 0.6 is 0 Å². The van der Waals surface area contributed by atoms with Crippen molar-refractivity contribution in [3.05, 3.63) is 29.3 Å². The van der Waals surface area contributed by atoms with Crippen molar-refractivity contribution in [3.8, 4) is 6.07 Å². The molecule has 1 heterocycles. The Hall–Kier alpha value is -1.74. The van der Waals surface area contributed by atoms with Crippen molar-refractivity contribution < 1.29 is 13.2 Å². The molecule has 0 aromatic heterocycles. The lowest BCUT2D eigenvalue weighted by molar-refractivity contribution is -0.137. The summed E-state index contributed by atoms with van der Waals surface area (Å²) in [5.41, 5.74) is 5.46. The average Bonchev–Trinajstić information content (AvgIpc) is 2.66. The van der Waals surface area contributed by atoms with Crippen LogP contribution in [0.3, 0.4) is 0 Å². The van der Waals surface area contributed by atoms with Crippen LogP contribution in [-0.2, 0) is 6.18 Å². The number of nitrogens with zero attached hydrogens (tertiary/aromatic N) is 2. The van der Waals surface area contributed by atoms with Crippen LogP contribution in [0, 0.1) is 23.2 Å². The molecule has 2 N–H and O–H groups in total. The highest BCUT2D eigenvalue weighted by Crippen LogP contribution is 2.39. The maximum atomic E-state index is 13.0. The van der Waals surface area contributed by atoms with Gasteiger partial charge in [0, 0.05) is 24.8 Å². The van der Waals surface area contributed by atoms with E-state index in [1.54, 1.807) is 12.1 Å². The molecule has 1 aromatic carbocycles. The van der Waals surface area contributed by atoms with Crippen molar-refractivity contribution in [2.75, 3.05) is 18.0 Å². The second kappa shape index (κ2) is 4.92. The first-order chi connectivity index (χ1) is 9.90. The molecular weight excluding hydrogens is 279 g/mol. The van der Waals surface area contributed by atoms with E-state index in [2.05, 4.69) is 0 Å². The zero-order valence-corrected chi connectivity index (χ0v) is 11.4. The fraction of sp³-hybridized carbons (Fsp3) is 0.533. The van der Waals surface area contributed by atoms with Gasteiger partial charge in [-0.2, -0.15) is 18.4 Å². The molecule has 21 heavy (non-hydrogen) atoms. The van der Waals surface area contributed by atoms with Crippen molar-refractivity contribution in [1.82, 2.24) is 0 Å². The molecule has 2 fully saturated rings. The summed E-state index contributed by atoms with van der Waals surface area (Å²) in [6, 6.07) is 5.73. The number of hydrogen-bond donors (Lipinski definition) is 1. The Kier molecular flexibility index (Phi) is 3.33. The van der Waals surface area contributed by atoms with E-state index in [-0.39, 0.29) is 11.6 Å². The van der Waals surface area contributed by atoms with Crippen LogP contribution in [0.15, 0.2) is 18.2 Å². The zero-order chi connectivity index (χ0) is 15.2. The zero-order valence-electron chi connectivity index (χ0n) is 11.4. The number of piperidine rings is 1. The number of rotatable bonds is 1. The first-order valence-corrected chi connectivity index (χ1v) is 7.02. The number of nitrogens with two attached hydrogens (primary N) is 1. The summed E-state index contributed by atoms with van der Waals surface area (Å²) in [6.07, 6.45) is -2.41. The normalized spacial score (nSPS) is 28.5. The molecule has 0 radical (unpaired) electrons. The molecule has 0 amide bonds. The summed E-state index contributed by atoms with van der Waals surface area (Å²) in [7, 11) is 0. The number of alkyl halides is 3. The molecule has 6 heteroatoms. The summed E-state index contributed by atoms with van der Waals surface area (Å²) in [6.45, 7) is 1.39. The molecule has 1 aromatic rings. The second-order valence-corrected chi connectivity index (χ2v) is 5.92.